The zero-order valence-electron chi connectivity index (χ0n) is 27.5. The normalized spacial score (nSPS) is 25.6. The van der Waals surface area contributed by atoms with E-state index in [0.717, 1.165) is 11.1 Å². The highest BCUT2D eigenvalue weighted by Gasteiger charge is 2.75. The lowest BCUT2D eigenvalue weighted by molar-refractivity contribution is -0.255. The number of piperidine rings is 2. The van der Waals surface area contributed by atoms with Gasteiger partial charge in [-0.3, -0.25) is 29.4 Å². The molecule has 0 aliphatic carbocycles. The number of hydrogen-bond acceptors (Lipinski definition) is 11. The average Bonchev–Trinajstić information content (AvgIpc) is 3.13. The molecule has 0 amide bonds. The molecule has 11 heteroatoms. The molecule has 2 saturated heterocycles. The summed E-state index contributed by atoms with van der Waals surface area (Å²) in [5.41, 5.74) is -0.571. The number of fused-ring (bicyclic) bond motifs is 2. The van der Waals surface area contributed by atoms with Gasteiger partial charge in [0.2, 0.25) is 0 Å². The molecule has 4 heterocycles. The second-order valence-electron chi connectivity index (χ2n) is 12.3. The molecule has 250 valence electrons. The van der Waals surface area contributed by atoms with Crippen molar-refractivity contribution in [3.05, 3.63) is 120 Å². The largest absolute Gasteiger partial charge is 0.497 e. The number of likely N-dealkylation sites (tertiary alicyclic amines) is 2. The molecule has 48 heavy (non-hydrogen) atoms. The van der Waals surface area contributed by atoms with Gasteiger partial charge in [-0.05, 0) is 35.9 Å². The quantitative estimate of drug-likeness (QED) is 0.250. The Kier molecular flexibility index (Phi) is 9.45. The molecule has 1 N–H and O–H groups in total. The summed E-state index contributed by atoms with van der Waals surface area (Å²) in [5.74, 6) is -0.121. The number of nitrogens with zero attached hydrogens (tertiary/aromatic N) is 4. The molecule has 2 aromatic carbocycles. The van der Waals surface area contributed by atoms with Gasteiger partial charge in [0.05, 0.1) is 58.0 Å². The van der Waals surface area contributed by atoms with E-state index >= 15 is 0 Å². The fourth-order valence-electron chi connectivity index (χ4n) is 7.85. The van der Waals surface area contributed by atoms with Gasteiger partial charge in [0.25, 0.3) is 0 Å². The zero-order chi connectivity index (χ0) is 33.9. The van der Waals surface area contributed by atoms with Crippen molar-refractivity contribution in [1.29, 1.82) is 0 Å². The number of carbonyl (C=O) groups excluding carboxylic acids is 2. The number of aliphatic hydroxyl groups excluding tert-OH is 1. The van der Waals surface area contributed by atoms with Gasteiger partial charge < -0.3 is 24.1 Å². The summed E-state index contributed by atoms with van der Waals surface area (Å²) < 4.78 is 22.3. The van der Waals surface area contributed by atoms with Gasteiger partial charge in [-0.2, -0.15) is 0 Å². The van der Waals surface area contributed by atoms with Crippen LogP contribution in [0, 0.1) is 10.8 Å². The van der Waals surface area contributed by atoms with Crippen molar-refractivity contribution < 1.29 is 33.6 Å². The second kappa shape index (κ2) is 13.7. The summed E-state index contributed by atoms with van der Waals surface area (Å²) in [5, 5.41) is 12.8. The average molecular weight is 653 g/mol. The first-order valence-corrected chi connectivity index (χ1v) is 15.7. The minimum Gasteiger partial charge on any atom is -0.497 e. The number of rotatable bonds is 10. The molecule has 0 spiro atoms. The maximum atomic E-state index is 14.5. The first-order valence-electron chi connectivity index (χ1n) is 15.7. The predicted octanol–water partition coefficient (Wildman–Crippen LogP) is 3.99. The Morgan fingerprint density at radius 2 is 1.31 bits per heavy atom. The highest BCUT2D eigenvalue weighted by molar-refractivity contribution is 5.86. The number of hydrogen-bond donors (Lipinski definition) is 1. The number of aliphatic hydroxyl groups is 1. The molecule has 2 aromatic heterocycles. The van der Waals surface area contributed by atoms with Crippen LogP contribution in [0.25, 0.3) is 0 Å². The van der Waals surface area contributed by atoms with Crippen molar-refractivity contribution in [2.24, 2.45) is 10.8 Å². The van der Waals surface area contributed by atoms with Crippen molar-refractivity contribution in [2.45, 2.75) is 31.3 Å². The third kappa shape index (κ3) is 5.47. The van der Waals surface area contributed by atoms with Gasteiger partial charge in [0.1, 0.15) is 22.3 Å². The monoisotopic (exact) mass is 652 g/mol. The first-order chi connectivity index (χ1) is 23.3. The maximum absolute atomic E-state index is 14.5. The van der Waals surface area contributed by atoms with E-state index in [1.807, 2.05) is 71.6 Å². The van der Waals surface area contributed by atoms with Crippen LogP contribution in [0.4, 0.5) is 0 Å². The summed E-state index contributed by atoms with van der Waals surface area (Å²) in [6.45, 7) is 0.659. The Bertz CT molecular complexity index is 1650. The van der Waals surface area contributed by atoms with Crippen molar-refractivity contribution in [2.75, 3.05) is 41.5 Å². The Balaban J connectivity index is 1.64. The second-order valence-corrected chi connectivity index (χ2v) is 12.3. The molecule has 0 radical (unpaired) electrons. The van der Waals surface area contributed by atoms with E-state index in [-0.39, 0.29) is 19.6 Å². The van der Waals surface area contributed by atoms with Crippen LogP contribution in [0.5, 0.6) is 11.5 Å². The molecule has 0 saturated carbocycles. The third-order valence-corrected chi connectivity index (χ3v) is 9.75. The van der Waals surface area contributed by atoms with Gasteiger partial charge in [-0.15, -0.1) is 0 Å². The molecule has 4 atom stereocenters. The first kappa shape index (κ1) is 33.1. The van der Waals surface area contributed by atoms with E-state index in [9.17, 15) is 14.7 Å². The zero-order valence-corrected chi connectivity index (χ0v) is 27.5. The standard InChI is InChI=1S/C37H40N4O7/c1-45-27-17-16-26(30(20-27)46-2)22-40-23-36(34(43)47-3)31(28-14-8-10-18-38-28)41(21-25-12-6-5-7-13-25)32(29-15-9-11-19-39-29)37(24-40,33(36)42)35(44)48-4/h5-20,31-33,42H,21-24H2,1-4H3. The minimum atomic E-state index is -1.70. The van der Waals surface area contributed by atoms with E-state index < -0.39 is 41.0 Å². The number of aromatic nitrogens is 2. The summed E-state index contributed by atoms with van der Waals surface area (Å²) >= 11 is 0. The molecule has 2 bridgehead atoms. The van der Waals surface area contributed by atoms with Crippen molar-refractivity contribution in [3.8, 4) is 11.5 Å². The Morgan fingerprint density at radius 1 is 0.750 bits per heavy atom. The van der Waals surface area contributed by atoms with E-state index in [1.54, 1.807) is 44.8 Å². The van der Waals surface area contributed by atoms with Crippen LogP contribution in [-0.2, 0) is 32.2 Å². The number of benzene rings is 2. The van der Waals surface area contributed by atoms with Crippen molar-refractivity contribution in [1.82, 2.24) is 19.8 Å². The lowest BCUT2D eigenvalue weighted by Gasteiger charge is -2.65. The molecule has 2 aliphatic rings. The summed E-state index contributed by atoms with van der Waals surface area (Å²) in [6.07, 6.45) is 1.77. The van der Waals surface area contributed by atoms with Crippen molar-refractivity contribution in [3.63, 3.8) is 0 Å². The van der Waals surface area contributed by atoms with Gasteiger partial charge in [-0.1, -0.05) is 48.5 Å². The fourth-order valence-corrected chi connectivity index (χ4v) is 7.85. The van der Waals surface area contributed by atoms with Crippen LogP contribution in [0.2, 0.25) is 0 Å². The lowest BCUT2D eigenvalue weighted by Crippen LogP contribution is -2.77. The molecule has 6 rings (SSSR count). The summed E-state index contributed by atoms with van der Waals surface area (Å²) in [4.78, 5) is 42.6. The lowest BCUT2D eigenvalue weighted by atomic mass is 9.53. The SMILES string of the molecule is COC(=O)C12CN(Cc3ccc(OC)cc3OC)CC(C(=O)OC)(C(c3ccccn3)N(Cc3ccccc3)C1c1ccccn1)C2O. The summed E-state index contributed by atoms with van der Waals surface area (Å²) in [7, 11) is 5.76. The minimum absolute atomic E-state index is 0.0379. The number of carbonyl (C=O) groups is 2. The van der Waals surface area contributed by atoms with E-state index in [4.69, 9.17) is 28.9 Å². The molecule has 2 aliphatic heterocycles. The Morgan fingerprint density at radius 3 is 1.79 bits per heavy atom. The van der Waals surface area contributed by atoms with Gasteiger partial charge in [0, 0.05) is 50.2 Å². The van der Waals surface area contributed by atoms with E-state index in [0.29, 0.717) is 29.4 Å². The van der Waals surface area contributed by atoms with Gasteiger partial charge in [0.15, 0.2) is 0 Å². The van der Waals surface area contributed by atoms with Crippen LogP contribution in [-0.4, -0.2) is 84.4 Å². The molecular weight excluding hydrogens is 612 g/mol. The molecule has 4 aromatic rings. The number of methoxy groups -OCH3 is 4. The van der Waals surface area contributed by atoms with Crippen molar-refractivity contribution >= 4 is 11.9 Å². The molecule has 11 nitrogen and oxygen atoms in total. The van der Waals surface area contributed by atoms with Gasteiger partial charge >= 0.3 is 11.9 Å². The fraction of sp³-hybridized carbons (Fsp3) is 0.351. The van der Waals surface area contributed by atoms with Crippen LogP contribution in [0.15, 0.2) is 97.3 Å². The van der Waals surface area contributed by atoms with Crippen LogP contribution < -0.4 is 9.47 Å². The van der Waals surface area contributed by atoms with Crippen LogP contribution in [0.3, 0.4) is 0 Å². The highest BCUT2D eigenvalue weighted by atomic mass is 16.5. The Labute approximate surface area is 280 Å². The van der Waals surface area contributed by atoms with Gasteiger partial charge in [-0.25, -0.2) is 0 Å². The topological polar surface area (TPSA) is 124 Å². The van der Waals surface area contributed by atoms with Crippen LogP contribution >= 0.6 is 0 Å². The molecular formula is C37H40N4O7. The third-order valence-electron chi connectivity index (χ3n) is 9.75. The van der Waals surface area contributed by atoms with E-state index in [2.05, 4.69) is 4.90 Å². The smallest absolute Gasteiger partial charge is 0.317 e. The summed E-state index contributed by atoms with van der Waals surface area (Å²) in [6, 6.07) is 24.6. The predicted molar refractivity (Wildman–Crippen MR) is 176 cm³/mol. The number of pyridine rings is 2. The maximum Gasteiger partial charge on any atom is 0.317 e. The molecule has 2 fully saturated rings. The molecule has 4 unspecified atom stereocenters. The number of ether oxygens (including phenoxy) is 4. The van der Waals surface area contributed by atoms with E-state index in [1.165, 1.54) is 14.2 Å². The highest BCUT2D eigenvalue weighted by Crippen LogP contribution is 2.63. The Hall–Kier alpha value is -4.84. The number of esters is 2. The van der Waals surface area contributed by atoms with Crippen LogP contribution in [0.1, 0.15) is 34.6 Å².